The van der Waals surface area contributed by atoms with E-state index in [1.54, 1.807) is 6.07 Å². The molecule has 0 saturated carbocycles. The number of amides is 1. The average Bonchev–Trinajstić information content (AvgIpc) is 2.39. The summed E-state index contributed by atoms with van der Waals surface area (Å²) in [6.07, 6.45) is 2.88. The Morgan fingerprint density at radius 2 is 1.74 bits per heavy atom. The van der Waals surface area contributed by atoms with Gasteiger partial charge in [0.25, 0.3) is 5.91 Å². The molecule has 1 heterocycles. The molecule has 1 aromatic carbocycles. The molecule has 1 aromatic heterocycles. The number of benzene rings is 1. The monoisotopic (exact) mass is 264 g/mol. The van der Waals surface area contributed by atoms with Gasteiger partial charge >= 0.3 is 0 Å². The van der Waals surface area contributed by atoms with Crippen molar-refractivity contribution in [2.45, 2.75) is 0 Å². The highest BCUT2D eigenvalue weighted by molar-refractivity contribution is 6.03. The van der Waals surface area contributed by atoms with Gasteiger partial charge in [0.1, 0.15) is 17.3 Å². The van der Waals surface area contributed by atoms with Gasteiger partial charge in [-0.25, -0.2) is 18.7 Å². The summed E-state index contributed by atoms with van der Waals surface area (Å²) in [5.41, 5.74) is -0.436. The maximum absolute atomic E-state index is 13.5. The zero-order valence-corrected chi connectivity index (χ0v) is 9.95. The second-order valence-electron chi connectivity index (χ2n) is 3.59. The molecule has 2 N–H and O–H groups in total. The van der Waals surface area contributed by atoms with Gasteiger partial charge in [0.15, 0.2) is 0 Å². The van der Waals surface area contributed by atoms with Gasteiger partial charge in [-0.1, -0.05) is 0 Å². The third-order valence-corrected chi connectivity index (χ3v) is 2.35. The molecule has 0 aliphatic rings. The number of hydrogen-bond acceptors (Lipinski definition) is 4. The van der Waals surface area contributed by atoms with Crippen LogP contribution in [0.15, 0.2) is 30.6 Å². The standard InChI is InChI=1S/C12H10F2N4O/c1-15-10-8(13)5-7(6-9(10)14)11(19)18-12-16-3-2-4-17-12/h2-6,15H,1H3,(H,16,17,18,19). The number of nitrogens with one attached hydrogen (secondary N) is 2. The van der Waals surface area contributed by atoms with Crippen LogP contribution in [0.1, 0.15) is 10.4 Å². The van der Waals surface area contributed by atoms with Crippen LogP contribution in [-0.2, 0) is 0 Å². The van der Waals surface area contributed by atoms with Gasteiger partial charge in [-0.05, 0) is 18.2 Å². The average molecular weight is 264 g/mol. The Morgan fingerprint density at radius 1 is 1.16 bits per heavy atom. The fourth-order valence-electron chi connectivity index (χ4n) is 1.48. The number of aromatic nitrogens is 2. The molecule has 2 aromatic rings. The topological polar surface area (TPSA) is 66.9 Å². The Bertz CT molecular complexity index is 581. The highest BCUT2D eigenvalue weighted by Gasteiger charge is 2.14. The van der Waals surface area contributed by atoms with Gasteiger partial charge in [0.2, 0.25) is 5.95 Å². The number of anilines is 2. The predicted molar refractivity (Wildman–Crippen MR) is 65.9 cm³/mol. The van der Waals surface area contributed by atoms with Crippen LogP contribution in [-0.4, -0.2) is 22.9 Å². The lowest BCUT2D eigenvalue weighted by Crippen LogP contribution is -2.15. The molecule has 0 aliphatic carbocycles. The van der Waals surface area contributed by atoms with E-state index < -0.39 is 17.5 Å². The number of nitrogens with zero attached hydrogens (tertiary/aromatic N) is 2. The molecule has 0 fully saturated rings. The van der Waals surface area contributed by atoms with Gasteiger partial charge in [-0.3, -0.25) is 10.1 Å². The van der Waals surface area contributed by atoms with Crippen molar-refractivity contribution in [3.8, 4) is 0 Å². The largest absolute Gasteiger partial charge is 0.383 e. The third kappa shape index (κ3) is 2.82. The first-order valence-corrected chi connectivity index (χ1v) is 5.37. The van der Waals surface area contributed by atoms with E-state index in [2.05, 4.69) is 20.6 Å². The molecule has 5 nitrogen and oxygen atoms in total. The van der Waals surface area contributed by atoms with Gasteiger partial charge in [-0.2, -0.15) is 0 Å². The molecule has 0 saturated heterocycles. The first-order chi connectivity index (χ1) is 9.11. The number of carbonyl (C=O) groups excluding carboxylic acids is 1. The number of carbonyl (C=O) groups is 1. The van der Waals surface area contributed by atoms with Gasteiger partial charge in [0, 0.05) is 25.0 Å². The molecule has 0 aliphatic heterocycles. The lowest BCUT2D eigenvalue weighted by atomic mass is 10.1. The van der Waals surface area contributed by atoms with Crippen LogP contribution in [0.4, 0.5) is 20.4 Å². The molecular formula is C12H10F2N4O. The van der Waals surface area contributed by atoms with Crippen molar-refractivity contribution in [1.29, 1.82) is 0 Å². The van der Waals surface area contributed by atoms with E-state index >= 15 is 0 Å². The first kappa shape index (κ1) is 12.9. The molecule has 0 bridgehead atoms. The SMILES string of the molecule is CNc1c(F)cc(C(=O)Nc2ncccn2)cc1F. The quantitative estimate of drug-likeness (QED) is 0.890. The lowest BCUT2D eigenvalue weighted by molar-refractivity contribution is 0.102. The van der Waals surface area contributed by atoms with Crippen molar-refractivity contribution >= 4 is 17.5 Å². The highest BCUT2D eigenvalue weighted by Crippen LogP contribution is 2.20. The minimum absolute atomic E-state index is 0.0611. The predicted octanol–water partition coefficient (Wildman–Crippen LogP) is 2.05. The van der Waals surface area contributed by atoms with Crippen LogP contribution in [0, 0.1) is 11.6 Å². The van der Waals surface area contributed by atoms with Crippen LogP contribution in [0.3, 0.4) is 0 Å². The summed E-state index contributed by atoms with van der Waals surface area (Å²) in [5.74, 6) is -2.32. The van der Waals surface area contributed by atoms with Crippen LogP contribution in [0.5, 0.6) is 0 Å². The first-order valence-electron chi connectivity index (χ1n) is 5.37. The molecule has 0 atom stereocenters. The molecule has 1 amide bonds. The van der Waals surface area contributed by atoms with E-state index in [1.807, 2.05) is 0 Å². The summed E-state index contributed by atoms with van der Waals surface area (Å²) < 4.78 is 27.0. The summed E-state index contributed by atoms with van der Waals surface area (Å²) in [4.78, 5) is 19.3. The Hall–Kier alpha value is -2.57. The number of halogens is 2. The summed E-state index contributed by atoms with van der Waals surface area (Å²) >= 11 is 0. The van der Waals surface area contributed by atoms with E-state index in [0.29, 0.717) is 0 Å². The molecule has 0 radical (unpaired) electrons. The fraction of sp³-hybridized carbons (Fsp3) is 0.0833. The second-order valence-corrected chi connectivity index (χ2v) is 3.59. The lowest BCUT2D eigenvalue weighted by Gasteiger charge is -2.07. The molecule has 19 heavy (non-hydrogen) atoms. The Morgan fingerprint density at radius 3 is 2.26 bits per heavy atom. The Balaban J connectivity index is 2.25. The zero-order chi connectivity index (χ0) is 13.8. The van der Waals surface area contributed by atoms with E-state index in [1.165, 1.54) is 19.4 Å². The van der Waals surface area contributed by atoms with Gasteiger partial charge < -0.3 is 5.32 Å². The van der Waals surface area contributed by atoms with E-state index in [0.717, 1.165) is 12.1 Å². The molecule has 0 spiro atoms. The van der Waals surface area contributed by atoms with E-state index in [-0.39, 0.29) is 17.2 Å². The van der Waals surface area contributed by atoms with Gasteiger partial charge in [-0.15, -0.1) is 0 Å². The van der Waals surface area contributed by atoms with Crippen LogP contribution in [0.2, 0.25) is 0 Å². The van der Waals surface area contributed by atoms with Crippen molar-refractivity contribution in [3.63, 3.8) is 0 Å². The number of hydrogen-bond donors (Lipinski definition) is 2. The Kier molecular flexibility index (Phi) is 3.65. The summed E-state index contributed by atoms with van der Waals surface area (Å²) in [6.45, 7) is 0. The number of rotatable bonds is 3. The zero-order valence-electron chi connectivity index (χ0n) is 9.95. The van der Waals surface area contributed by atoms with Crippen molar-refractivity contribution in [2.75, 3.05) is 17.7 Å². The molecular weight excluding hydrogens is 254 g/mol. The summed E-state index contributed by atoms with van der Waals surface area (Å²) in [6, 6.07) is 3.46. The smallest absolute Gasteiger partial charge is 0.258 e. The minimum Gasteiger partial charge on any atom is -0.383 e. The van der Waals surface area contributed by atoms with E-state index in [9.17, 15) is 13.6 Å². The third-order valence-electron chi connectivity index (χ3n) is 2.35. The van der Waals surface area contributed by atoms with Crippen molar-refractivity contribution in [2.24, 2.45) is 0 Å². The Labute approximate surface area is 107 Å². The van der Waals surface area contributed by atoms with Crippen LogP contribution >= 0.6 is 0 Å². The summed E-state index contributed by atoms with van der Waals surface area (Å²) in [7, 11) is 1.39. The minimum atomic E-state index is -0.846. The second kappa shape index (κ2) is 5.38. The van der Waals surface area contributed by atoms with Crippen molar-refractivity contribution in [1.82, 2.24) is 9.97 Å². The highest BCUT2D eigenvalue weighted by atomic mass is 19.1. The molecule has 98 valence electrons. The normalized spacial score (nSPS) is 10.1. The van der Waals surface area contributed by atoms with Crippen LogP contribution < -0.4 is 10.6 Å². The maximum atomic E-state index is 13.5. The van der Waals surface area contributed by atoms with Crippen molar-refractivity contribution in [3.05, 3.63) is 47.8 Å². The van der Waals surface area contributed by atoms with Gasteiger partial charge in [0.05, 0.1) is 0 Å². The molecule has 7 heteroatoms. The summed E-state index contributed by atoms with van der Waals surface area (Å²) in [5, 5.41) is 4.71. The fourth-order valence-corrected chi connectivity index (χ4v) is 1.48. The van der Waals surface area contributed by atoms with Crippen molar-refractivity contribution < 1.29 is 13.6 Å². The maximum Gasteiger partial charge on any atom is 0.258 e. The van der Waals surface area contributed by atoms with E-state index in [4.69, 9.17) is 0 Å². The molecule has 2 rings (SSSR count). The molecule has 0 unspecified atom stereocenters. The van der Waals surface area contributed by atoms with Crippen LogP contribution in [0.25, 0.3) is 0 Å².